The summed E-state index contributed by atoms with van der Waals surface area (Å²) in [5, 5.41) is 3.48. The molecule has 0 aromatic heterocycles. The van der Waals surface area contributed by atoms with Crippen LogP contribution in [0.25, 0.3) is 0 Å². The predicted molar refractivity (Wildman–Crippen MR) is 77.3 cm³/mol. The fraction of sp³-hybridized carbons (Fsp3) is 0.917. The van der Waals surface area contributed by atoms with Crippen LogP contribution in [-0.2, 0) is 14.6 Å². The van der Waals surface area contributed by atoms with Crippen molar-refractivity contribution in [2.75, 3.05) is 19.3 Å². The molecule has 0 aliphatic carbocycles. The third-order valence-corrected chi connectivity index (χ3v) is 6.28. The second-order valence-corrected chi connectivity index (χ2v) is 8.53. The van der Waals surface area contributed by atoms with E-state index in [1.54, 1.807) is 4.90 Å². The van der Waals surface area contributed by atoms with Crippen LogP contribution in [0.5, 0.6) is 0 Å². The quantitative estimate of drug-likeness (QED) is 0.810. The van der Waals surface area contributed by atoms with Crippen LogP contribution in [0.4, 0.5) is 0 Å². The summed E-state index contributed by atoms with van der Waals surface area (Å²) in [5.41, 5.74) is 0. The number of carbonyl (C=O) groups is 1. The Balaban J connectivity index is 0.00000180. The smallest absolute Gasteiger partial charge is 0.243 e. The first kappa shape index (κ1) is 16.7. The van der Waals surface area contributed by atoms with Crippen molar-refractivity contribution in [3.63, 3.8) is 0 Å². The van der Waals surface area contributed by atoms with Crippen molar-refractivity contribution in [2.24, 2.45) is 0 Å². The van der Waals surface area contributed by atoms with Crippen LogP contribution in [0.1, 0.15) is 33.1 Å². The first-order chi connectivity index (χ1) is 8.22. The number of sulfone groups is 1. The summed E-state index contributed by atoms with van der Waals surface area (Å²) >= 11 is 0. The van der Waals surface area contributed by atoms with Gasteiger partial charge in [0.1, 0.15) is 4.75 Å². The Morgan fingerprint density at radius 1 is 1.21 bits per heavy atom. The fourth-order valence-electron chi connectivity index (χ4n) is 2.67. The minimum absolute atomic E-state index is 0. The van der Waals surface area contributed by atoms with Gasteiger partial charge in [-0.25, -0.2) is 8.42 Å². The zero-order valence-corrected chi connectivity index (χ0v) is 13.3. The molecule has 2 aliphatic rings. The molecule has 2 unspecified atom stereocenters. The predicted octanol–water partition coefficient (Wildman–Crippen LogP) is 0.584. The Labute approximate surface area is 121 Å². The molecule has 0 radical (unpaired) electrons. The molecule has 19 heavy (non-hydrogen) atoms. The summed E-state index contributed by atoms with van der Waals surface area (Å²) in [6.45, 7) is 4.29. The lowest BCUT2D eigenvalue weighted by molar-refractivity contribution is -0.133. The average molecular weight is 311 g/mol. The standard InChI is InChI=1S/C12H22N2O3S.ClH/c1-12(2,18(3,16)17)11(15)14-7-6-9-4-5-10(8-14)13-9;/h9-10,13H,4-8H2,1-3H3;1H. The Hall–Kier alpha value is -0.330. The number of fused-ring (bicyclic) bond motifs is 2. The third kappa shape index (κ3) is 3.23. The number of rotatable bonds is 2. The van der Waals surface area contributed by atoms with Gasteiger partial charge in [0.15, 0.2) is 9.84 Å². The number of amides is 1. The topological polar surface area (TPSA) is 66.5 Å². The maximum Gasteiger partial charge on any atom is 0.243 e. The second kappa shape index (κ2) is 5.58. The van der Waals surface area contributed by atoms with Crippen LogP contribution >= 0.6 is 12.4 Å². The summed E-state index contributed by atoms with van der Waals surface area (Å²) in [6.07, 6.45) is 4.30. The Morgan fingerprint density at radius 2 is 1.79 bits per heavy atom. The second-order valence-electron chi connectivity index (χ2n) is 5.96. The first-order valence-electron chi connectivity index (χ1n) is 6.47. The van der Waals surface area contributed by atoms with Crippen LogP contribution < -0.4 is 5.32 Å². The Morgan fingerprint density at radius 3 is 2.37 bits per heavy atom. The SMILES string of the molecule is CC(C)(C(=O)N1CCC2CCC(C1)N2)S(C)(=O)=O.Cl. The molecule has 2 atom stereocenters. The molecule has 1 N–H and O–H groups in total. The molecule has 0 aromatic carbocycles. The molecule has 0 saturated carbocycles. The normalized spacial score (nSPS) is 27.6. The summed E-state index contributed by atoms with van der Waals surface area (Å²) in [5.74, 6) is -0.264. The molecular formula is C12H23ClN2O3S. The molecule has 2 saturated heterocycles. The molecule has 2 rings (SSSR count). The monoisotopic (exact) mass is 310 g/mol. The number of hydrogen-bond donors (Lipinski definition) is 1. The van der Waals surface area contributed by atoms with E-state index in [2.05, 4.69) is 5.32 Å². The number of hydrogen-bond acceptors (Lipinski definition) is 4. The molecule has 1 amide bonds. The molecule has 0 spiro atoms. The van der Waals surface area contributed by atoms with Crippen molar-refractivity contribution < 1.29 is 13.2 Å². The molecule has 112 valence electrons. The molecule has 5 nitrogen and oxygen atoms in total. The highest BCUT2D eigenvalue weighted by Crippen LogP contribution is 2.24. The van der Waals surface area contributed by atoms with Gasteiger partial charge in [-0.2, -0.15) is 0 Å². The number of nitrogens with one attached hydrogen (secondary N) is 1. The van der Waals surface area contributed by atoms with Crippen molar-refractivity contribution in [1.29, 1.82) is 0 Å². The van der Waals surface area contributed by atoms with Gasteiger partial charge in [0, 0.05) is 31.4 Å². The highest BCUT2D eigenvalue weighted by Gasteiger charge is 2.43. The number of carbonyl (C=O) groups excluding carboxylic acids is 1. The van der Waals surface area contributed by atoms with Gasteiger partial charge in [-0.3, -0.25) is 4.79 Å². The van der Waals surface area contributed by atoms with Crippen molar-refractivity contribution in [3.05, 3.63) is 0 Å². The van der Waals surface area contributed by atoms with E-state index in [0.29, 0.717) is 25.2 Å². The van der Waals surface area contributed by atoms with E-state index in [-0.39, 0.29) is 18.3 Å². The maximum absolute atomic E-state index is 12.4. The van der Waals surface area contributed by atoms with Gasteiger partial charge >= 0.3 is 0 Å². The highest BCUT2D eigenvalue weighted by atomic mass is 35.5. The van der Waals surface area contributed by atoms with Gasteiger partial charge in [-0.1, -0.05) is 0 Å². The largest absolute Gasteiger partial charge is 0.340 e. The van der Waals surface area contributed by atoms with Gasteiger partial charge in [0.2, 0.25) is 5.91 Å². The fourth-order valence-corrected chi connectivity index (χ4v) is 3.11. The van der Waals surface area contributed by atoms with Crippen LogP contribution in [-0.4, -0.2) is 55.4 Å². The summed E-state index contributed by atoms with van der Waals surface area (Å²) in [4.78, 5) is 14.1. The molecule has 2 heterocycles. The number of halogens is 1. The van der Waals surface area contributed by atoms with Crippen LogP contribution in [0.15, 0.2) is 0 Å². The van der Waals surface area contributed by atoms with E-state index in [4.69, 9.17) is 0 Å². The van der Waals surface area contributed by atoms with E-state index in [1.807, 2.05) is 0 Å². The Bertz CT molecular complexity index is 450. The molecule has 7 heteroatoms. The van der Waals surface area contributed by atoms with E-state index >= 15 is 0 Å². The van der Waals surface area contributed by atoms with Crippen molar-refractivity contribution in [2.45, 2.75) is 49.9 Å². The van der Waals surface area contributed by atoms with Gasteiger partial charge in [-0.15, -0.1) is 12.4 Å². The zero-order chi connectivity index (χ0) is 13.6. The van der Waals surface area contributed by atoms with Crippen LogP contribution in [0, 0.1) is 0 Å². The highest BCUT2D eigenvalue weighted by molar-refractivity contribution is 7.92. The van der Waals surface area contributed by atoms with Crippen molar-refractivity contribution >= 4 is 28.2 Å². The summed E-state index contributed by atoms with van der Waals surface area (Å²) in [6, 6.07) is 0.825. The van der Waals surface area contributed by atoms with Crippen molar-refractivity contribution in [3.8, 4) is 0 Å². The third-order valence-electron chi connectivity index (χ3n) is 4.25. The van der Waals surface area contributed by atoms with E-state index < -0.39 is 14.6 Å². The molecule has 2 bridgehead atoms. The van der Waals surface area contributed by atoms with Crippen molar-refractivity contribution in [1.82, 2.24) is 10.2 Å². The minimum atomic E-state index is -3.39. The minimum Gasteiger partial charge on any atom is -0.340 e. The van der Waals surface area contributed by atoms with Gasteiger partial charge < -0.3 is 10.2 Å². The lowest BCUT2D eigenvalue weighted by Gasteiger charge is -2.31. The van der Waals surface area contributed by atoms with Gasteiger partial charge in [0.25, 0.3) is 0 Å². The van der Waals surface area contributed by atoms with Crippen LogP contribution in [0.2, 0.25) is 0 Å². The molecule has 2 aliphatic heterocycles. The van der Waals surface area contributed by atoms with E-state index in [0.717, 1.165) is 19.1 Å². The van der Waals surface area contributed by atoms with Gasteiger partial charge in [-0.05, 0) is 33.1 Å². The van der Waals surface area contributed by atoms with E-state index in [9.17, 15) is 13.2 Å². The molecule has 0 aromatic rings. The molecule has 2 fully saturated rings. The Kier molecular flexibility index (Phi) is 4.91. The lowest BCUT2D eigenvalue weighted by Crippen LogP contribution is -2.51. The first-order valence-corrected chi connectivity index (χ1v) is 8.36. The van der Waals surface area contributed by atoms with Crippen LogP contribution in [0.3, 0.4) is 0 Å². The number of likely N-dealkylation sites (tertiary alicyclic amines) is 1. The molecular weight excluding hydrogens is 288 g/mol. The summed E-state index contributed by atoms with van der Waals surface area (Å²) < 4.78 is 22.1. The maximum atomic E-state index is 12.4. The van der Waals surface area contributed by atoms with Gasteiger partial charge in [0.05, 0.1) is 0 Å². The number of nitrogens with zero attached hydrogens (tertiary/aromatic N) is 1. The average Bonchev–Trinajstić information content (AvgIpc) is 2.56. The van der Waals surface area contributed by atoms with E-state index in [1.165, 1.54) is 20.3 Å². The summed E-state index contributed by atoms with van der Waals surface area (Å²) in [7, 11) is -3.39. The zero-order valence-electron chi connectivity index (χ0n) is 11.7. The lowest BCUT2D eigenvalue weighted by atomic mass is 10.1.